The smallest absolute Gasteiger partial charge is 0.336 e. The van der Waals surface area contributed by atoms with E-state index in [4.69, 9.17) is 11.6 Å². The third-order valence-corrected chi connectivity index (χ3v) is 3.11. The number of rotatable bonds is 3. The van der Waals surface area contributed by atoms with Crippen LogP contribution in [-0.4, -0.2) is 17.2 Å². The van der Waals surface area contributed by atoms with E-state index >= 15 is 0 Å². The predicted molar refractivity (Wildman–Crippen MR) is 76.4 cm³/mol. The molecule has 4 nitrogen and oxygen atoms in total. The molecular formula is C15H10ClNO3. The molecule has 0 bridgehead atoms. The van der Waals surface area contributed by atoms with Crippen molar-refractivity contribution in [1.29, 1.82) is 0 Å². The standard InChI is InChI=1S/C15H10ClNO3/c1-9-4-2-3-5-11(9)14-12(15(19)20)6-10(16)7-13(14)17-8-18/h2-7H,1H3,(H,19,20). The molecule has 0 amide bonds. The molecule has 0 spiro atoms. The fourth-order valence-electron chi connectivity index (χ4n) is 2.03. The fraction of sp³-hybridized carbons (Fsp3) is 0.0667. The summed E-state index contributed by atoms with van der Waals surface area (Å²) in [5, 5.41) is 9.54. The lowest BCUT2D eigenvalue weighted by molar-refractivity contribution is 0.0697. The van der Waals surface area contributed by atoms with Crippen molar-refractivity contribution >= 4 is 29.3 Å². The molecule has 0 saturated heterocycles. The Balaban J connectivity index is 2.88. The maximum absolute atomic E-state index is 11.4. The monoisotopic (exact) mass is 287 g/mol. The maximum atomic E-state index is 11.4. The molecule has 0 atom stereocenters. The van der Waals surface area contributed by atoms with E-state index in [1.807, 2.05) is 19.1 Å². The molecule has 20 heavy (non-hydrogen) atoms. The molecule has 2 aromatic rings. The molecule has 0 aliphatic heterocycles. The molecule has 1 N–H and O–H groups in total. The van der Waals surface area contributed by atoms with E-state index in [1.165, 1.54) is 18.2 Å². The summed E-state index contributed by atoms with van der Waals surface area (Å²) in [6, 6.07) is 10.0. The van der Waals surface area contributed by atoms with E-state index in [0.717, 1.165) is 5.56 Å². The molecule has 2 aromatic carbocycles. The van der Waals surface area contributed by atoms with Gasteiger partial charge in [-0.25, -0.2) is 9.59 Å². The van der Waals surface area contributed by atoms with E-state index in [-0.39, 0.29) is 16.3 Å². The Hall–Kier alpha value is -2.42. The van der Waals surface area contributed by atoms with Crippen LogP contribution in [-0.2, 0) is 4.79 Å². The van der Waals surface area contributed by atoms with Crippen molar-refractivity contribution in [3.63, 3.8) is 0 Å². The highest BCUT2D eigenvalue weighted by Gasteiger charge is 2.18. The molecule has 0 heterocycles. The zero-order chi connectivity index (χ0) is 14.7. The van der Waals surface area contributed by atoms with Crippen molar-refractivity contribution in [2.45, 2.75) is 6.92 Å². The van der Waals surface area contributed by atoms with Crippen LogP contribution in [0.4, 0.5) is 5.69 Å². The average molecular weight is 288 g/mol. The van der Waals surface area contributed by atoms with Gasteiger partial charge in [-0.3, -0.25) is 0 Å². The number of halogens is 1. The molecule has 0 saturated carbocycles. The number of hydrogen-bond donors (Lipinski definition) is 1. The third kappa shape index (κ3) is 2.62. The Morgan fingerprint density at radius 3 is 2.60 bits per heavy atom. The third-order valence-electron chi connectivity index (χ3n) is 2.89. The molecule has 0 fully saturated rings. The summed E-state index contributed by atoms with van der Waals surface area (Å²) < 4.78 is 0. The number of aromatic carboxylic acids is 1. The summed E-state index contributed by atoms with van der Waals surface area (Å²) in [6.07, 6.45) is 1.43. The quantitative estimate of drug-likeness (QED) is 0.686. The molecule has 5 heteroatoms. The van der Waals surface area contributed by atoms with Gasteiger partial charge in [0.1, 0.15) is 0 Å². The Kier molecular flexibility index (Phi) is 3.99. The maximum Gasteiger partial charge on any atom is 0.336 e. The van der Waals surface area contributed by atoms with Gasteiger partial charge in [0.2, 0.25) is 6.08 Å². The number of carboxylic acid groups (broad SMARTS) is 1. The number of aliphatic imine (C=N–C) groups is 1. The van der Waals surface area contributed by atoms with Crippen LogP contribution in [0.2, 0.25) is 5.02 Å². The molecular weight excluding hydrogens is 278 g/mol. The van der Waals surface area contributed by atoms with Crippen LogP contribution in [0, 0.1) is 6.92 Å². The van der Waals surface area contributed by atoms with Crippen LogP contribution in [0.1, 0.15) is 15.9 Å². The van der Waals surface area contributed by atoms with Gasteiger partial charge in [-0.2, -0.15) is 4.99 Å². The Morgan fingerprint density at radius 2 is 2.00 bits per heavy atom. The number of nitrogens with zero attached hydrogens (tertiary/aromatic N) is 1. The summed E-state index contributed by atoms with van der Waals surface area (Å²) in [4.78, 5) is 25.5. The highest BCUT2D eigenvalue weighted by atomic mass is 35.5. The van der Waals surface area contributed by atoms with Crippen LogP contribution in [0.15, 0.2) is 41.4 Å². The minimum atomic E-state index is -1.13. The van der Waals surface area contributed by atoms with Crippen molar-refractivity contribution < 1.29 is 14.7 Å². The van der Waals surface area contributed by atoms with Crippen molar-refractivity contribution in [3.05, 3.63) is 52.5 Å². The number of hydrogen-bond acceptors (Lipinski definition) is 3. The lowest BCUT2D eigenvalue weighted by Crippen LogP contribution is -2.01. The van der Waals surface area contributed by atoms with Gasteiger partial charge in [0.05, 0.1) is 11.3 Å². The van der Waals surface area contributed by atoms with Crippen LogP contribution < -0.4 is 0 Å². The van der Waals surface area contributed by atoms with E-state index in [9.17, 15) is 14.7 Å². The second-order valence-corrected chi connectivity index (χ2v) is 4.61. The minimum Gasteiger partial charge on any atom is -0.478 e. The predicted octanol–water partition coefficient (Wildman–Crippen LogP) is 3.98. The van der Waals surface area contributed by atoms with Gasteiger partial charge in [0.25, 0.3) is 0 Å². The minimum absolute atomic E-state index is 0.000741. The van der Waals surface area contributed by atoms with Crippen molar-refractivity contribution in [1.82, 2.24) is 0 Å². The average Bonchev–Trinajstić information content (AvgIpc) is 2.39. The summed E-state index contributed by atoms with van der Waals surface area (Å²) in [5.41, 5.74) is 2.12. The molecule has 0 radical (unpaired) electrons. The van der Waals surface area contributed by atoms with Gasteiger partial charge >= 0.3 is 5.97 Å². The van der Waals surface area contributed by atoms with Crippen LogP contribution in [0.25, 0.3) is 11.1 Å². The SMILES string of the molecule is Cc1ccccc1-c1c(N=C=O)cc(Cl)cc1C(=O)O. The van der Waals surface area contributed by atoms with Crippen LogP contribution >= 0.6 is 11.6 Å². The van der Waals surface area contributed by atoms with E-state index in [0.29, 0.717) is 11.1 Å². The first-order valence-electron chi connectivity index (χ1n) is 5.75. The first-order chi connectivity index (χ1) is 9.54. The number of carbonyl (C=O) groups is 1. The van der Waals surface area contributed by atoms with Gasteiger partial charge in [0, 0.05) is 10.6 Å². The lowest BCUT2D eigenvalue weighted by atomic mass is 9.94. The Labute approximate surface area is 120 Å². The highest BCUT2D eigenvalue weighted by molar-refractivity contribution is 6.31. The normalized spacial score (nSPS) is 9.90. The summed E-state index contributed by atoms with van der Waals surface area (Å²) in [6.45, 7) is 1.85. The van der Waals surface area contributed by atoms with Crippen molar-refractivity contribution in [2.24, 2.45) is 4.99 Å². The van der Waals surface area contributed by atoms with Crippen molar-refractivity contribution in [3.8, 4) is 11.1 Å². The topological polar surface area (TPSA) is 66.7 Å². The number of carboxylic acids is 1. The van der Waals surface area contributed by atoms with Gasteiger partial charge in [-0.05, 0) is 30.2 Å². The largest absolute Gasteiger partial charge is 0.478 e. The molecule has 0 aliphatic carbocycles. The van der Waals surface area contributed by atoms with Gasteiger partial charge in [-0.15, -0.1) is 0 Å². The number of benzene rings is 2. The zero-order valence-electron chi connectivity index (χ0n) is 10.6. The lowest BCUT2D eigenvalue weighted by Gasteiger charge is -2.12. The van der Waals surface area contributed by atoms with Crippen LogP contribution in [0.3, 0.4) is 0 Å². The Bertz CT molecular complexity index is 711. The first-order valence-corrected chi connectivity index (χ1v) is 6.13. The van der Waals surface area contributed by atoms with Gasteiger partial charge in [0.15, 0.2) is 0 Å². The van der Waals surface area contributed by atoms with E-state index in [2.05, 4.69) is 4.99 Å². The zero-order valence-corrected chi connectivity index (χ0v) is 11.3. The molecule has 0 unspecified atom stereocenters. The fourth-order valence-corrected chi connectivity index (χ4v) is 2.25. The number of aryl methyl sites for hydroxylation is 1. The summed E-state index contributed by atoms with van der Waals surface area (Å²) >= 11 is 5.88. The number of isocyanates is 1. The second kappa shape index (κ2) is 5.70. The molecule has 2 rings (SSSR count). The number of carbonyl (C=O) groups excluding carboxylic acids is 1. The van der Waals surface area contributed by atoms with Gasteiger partial charge in [-0.1, -0.05) is 35.9 Å². The van der Waals surface area contributed by atoms with Gasteiger partial charge < -0.3 is 5.11 Å². The first kappa shape index (κ1) is 14.0. The van der Waals surface area contributed by atoms with E-state index in [1.54, 1.807) is 12.1 Å². The summed E-state index contributed by atoms with van der Waals surface area (Å²) in [7, 11) is 0. The summed E-state index contributed by atoms with van der Waals surface area (Å²) in [5.74, 6) is -1.13. The van der Waals surface area contributed by atoms with E-state index < -0.39 is 5.97 Å². The van der Waals surface area contributed by atoms with Crippen molar-refractivity contribution in [2.75, 3.05) is 0 Å². The highest BCUT2D eigenvalue weighted by Crippen LogP contribution is 2.37. The molecule has 0 aliphatic rings. The molecule has 100 valence electrons. The second-order valence-electron chi connectivity index (χ2n) is 4.17. The van der Waals surface area contributed by atoms with Crippen LogP contribution in [0.5, 0.6) is 0 Å². The molecule has 0 aromatic heterocycles. The Morgan fingerprint density at radius 1 is 1.30 bits per heavy atom.